The van der Waals surface area contributed by atoms with Crippen molar-refractivity contribution < 1.29 is 0 Å². The number of benzene rings is 5. The molecule has 0 bridgehead atoms. The fourth-order valence-electron chi connectivity index (χ4n) is 7.95. The summed E-state index contributed by atoms with van der Waals surface area (Å²) in [6, 6.07) is 46.7. The molecule has 0 saturated heterocycles. The minimum absolute atomic E-state index is 0.124. The van der Waals surface area contributed by atoms with E-state index in [1.54, 1.807) is 0 Å². The van der Waals surface area contributed by atoms with Crippen molar-refractivity contribution in [3.8, 4) is 0 Å². The zero-order valence-electron chi connectivity index (χ0n) is 25.6. The van der Waals surface area contributed by atoms with Crippen molar-refractivity contribution >= 4 is 45.9 Å². The van der Waals surface area contributed by atoms with Gasteiger partial charge in [0.2, 0.25) is 0 Å². The molecule has 2 nitrogen and oxygen atoms in total. The molecular formula is C44H34N2. The Bertz CT molecular complexity index is 2130. The van der Waals surface area contributed by atoms with Crippen LogP contribution in [0.1, 0.15) is 33.4 Å². The van der Waals surface area contributed by atoms with E-state index < -0.39 is 0 Å². The van der Waals surface area contributed by atoms with Crippen LogP contribution in [0.25, 0.3) is 28.9 Å². The third-order valence-corrected chi connectivity index (χ3v) is 10.0. The van der Waals surface area contributed by atoms with Crippen molar-refractivity contribution in [2.45, 2.75) is 24.5 Å². The van der Waals surface area contributed by atoms with E-state index in [-0.39, 0.29) is 18.1 Å². The number of hydrogen-bond donors (Lipinski definition) is 0. The number of rotatable bonds is 5. The Morgan fingerprint density at radius 3 is 2.22 bits per heavy atom. The topological polar surface area (TPSA) is 6.48 Å². The Balaban J connectivity index is 1.15. The lowest BCUT2D eigenvalue weighted by molar-refractivity contribution is 0.596. The summed E-state index contributed by atoms with van der Waals surface area (Å²) in [7, 11) is 0. The molecular weight excluding hydrogens is 556 g/mol. The Hall–Kier alpha value is -5.60. The van der Waals surface area contributed by atoms with E-state index in [0.29, 0.717) is 0 Å². The molecule has 9 rings (SSSR count). The van der Waals surface area contributed by atoms with E-state index in [2.05, 4.69) is 174 Å². The molecule has 3 unspecified atom stereocenters. The average molecular weight is 591 g/mol. The third kappa shape index (κ3) is 4.25. The molecule has 0 N–H and O–H groups in total. The summed E-state index contributed by atoms with van der Waals surface area (Å²) in [6.07, 6.45) is 14.8. The monoisotopic (exact) mass is 590 g/mol. The summed E-state index contributed by atoms with van der Waals surface area (Å²) in [6.45, 7) is 4.46. The van der Waals surface area contributed by atoms with Gasteiger partial charge in [-0.1, -0.05) is 146 Å². The van der Waals surface area contributed by atoms with Gasteiger partial charge in [0.15, 0.2) is 0 Å². The fraction of sp³-hybridized carbons (Fsp3) is 0.0909. The molecule has 2 aliphatic carbocycles. The molecule has 4 aliphatic rings. The third-order valence-electron chi connectivity index (χ3n) is 10.0. The summed E-state index contributed by atoms with van der Waals surface area (Å²) in [5, 5.41) is 0. The first-order chi connectivity index (χ1) is 22.7. The largest absolute Gasteiger partial charge is 0.355 e. The lowest BCUT2D eigenvalue weighted by Gasteiger charge is -2.43. The van der Waals surface area contributed by atoms with Gasteiger partial charge in [-0.15, -0.1) is 0 Å². The average Bonchev–Trinajstić information content (AvgIpc) is 3.64. The molecule has 0 saturated carbocycles. The predicted molar refractivity (Wildman–Crippen MR) is 195 cm³/mol. The smallest absolute Gasteiger partial charge is 0.0844 e. The molecule has 2 heterocycles. The molecule has 3 atom stereocenters. The maximum absolute atomic E-state index is 4.46. The van der Waals surface area contributed by atoms with Crippen molar-refractivity contribution in [1.82, 2.24) is 0 Å². The Kier molecular flexibility index (Phi) is 6.28. The van der Waals surface area contributed by atoms with Gasteiger partial charge in [0, 0.05) is 28.2 Å². The minimum atomic E-state index is 0.124. The zero-order valence-corrected chi connectivity index (χ0v) is 25.6. The van der Waals surface area contributed by atoms with Crippen LogP contribution in [-0.2, 0) is 6.42 Å². The first kappa shape index (κ1) is 26.8. The molecule has 0 radical (unpaired) electrons. The van der Waals surface area contributed by atoms with Crippen molar-refractivity contribution in [3.05, 3.63) is 192 Å². The van der Waals surface area contributed by atoms with Gasteiger partial charge in [-0.3, -0.25) is 0 Å². The second-order valence-corrected chi connectivity index (χ2v) is 12.6. The number of nitrogens with zero attached hydrogens (tertiary/aromatic N) is 2. The minimum Gasteiger partial charge on any atom is -0.355 e. The van der Waals surface area contributed by atoms with Crippen LogP contribution in [0.5, 0.6) is 0 Å². The molecule has 2 heteroatoms. The van der Waals surface area contributed by atoms with Gasteiger partial charge < -0.3 is 9.80 Å². The molecule has 0 spiro atoms. The highest BCUT2D eigenvalue weighted by Crippen LogP contribution is 2.55. The zero-order chi connectivity index (χ0) is 30.6. The van der Waals surface area contributed by atoms with Crippen LogP contribution in [0.4, 0.5) is 17.1 Å². The highest BCUT2D eigenvalue weighted by atomic mass is 15.3. The summed E-state index contributed by atoms with van der Waals surface area (Å²) in [5.74, 6) is 0. The molecule has 0 fully saturated rings. The van der Waals surface area contributed by atoms with E-state index in [9.17, 15) is 0 Å². The fourth-order valence-corrected chi connectivity index (χ4v) is 7.95. The van der Waals surface area contributed by atoms with Gasteiger partial charge in [0.25, 0.3) is 0 Å². The number of anilines is 3. The lowest BCUT2D eigenvalue weighted by Crippen LogP contribution is -2.52. The van der Waals surface area contributed by atoms with Crippen LogP contribution in [0.2, 0.25) is 0 Å². The number of hydrogen-bond acceptors (Lipinski definition) is 2. The second kappa shape index (κ2) is 10.8. The number of allylic oxidation sites excluding steroid dienone is 4. The SMILES string of the molecule is C=C(/C=C\c1ccccc1)c1cccc(N2c3ccccc3C3=CC=C4c5ccccc5N(C5C=Cc6ccccc6C5)C4C32)c1. The lowest BCUT2D eigenvalue weighted by atomic mass is 9.84. The van der Waals surface area contributed by atoms with Crippen LogP contribution in [-0.4, -0.2) is 18.1 Å². The molecule has 5 aromatic rings. The first-order valence-corrected chi connectivity index (χ1v) is 16.2. The maximum atomic E-state index is 4.46. The van der Waals surface area contributed by atoms with Gasteiger partial charge in [0.05, 0.1) is 18.1 Å². The van der Waals surface area contributed by atoms with Crippen molar-refractivity contribution in [2.75, 3.05) is 9.80 Å². The summed E-state index contributed by atoms with van der Waals surface area (Å²) < 4.78 is 0. The standard InChI is InChI=1S/C44H34N2/c1-30(22-23-31-12-3-2-4-13-31)33-16-11-17-35(28-33)45-41-20-9-7-18-37(41)39-26-27-40-38-19-8-10-21-42(38)46(44(40)43(39)45)36-25-24-32-14-5-6-15-34(32)29-36/h2-28,36,43-44H,1,29H2/b23-22-. The van der Waals surface area contributed by atoms with Gasteiger partial charge >= 0.3 is 0 Å². The summed E-state index contributed by atoms with van der Waals surface area (Å²) in [4.78, 5) is 5.31. The Labute approximate surface area is 271 Å². The highest BCUT2D eigenvalue weighted by Gasteiger charge is 2.50. The van der Waals surface area contributed by atoms with Gasteiger partial charge in [-0.05, 0) is 69.7 Å². The van der Waals surface area contributed by atoms with Crippen molar-refractivity contribution in [3.63, 3.8) is 0 Å². The molecule has 5 aromatic carbocycles. The second-order valence-electron chi connectivity index (χ2n) is 12.6. The van der Waals surface area contributed by atoms with Crippen LogP contribution >= 0.6 is 0 Å². The van der Waals surface area contributed by atoms with E-state index in [0.717, 1.165) is 17.6 Å². The van der Waals surface area contributed by atoms with E-state index >= 15 is 0 Å². The Morgan fingerprint density at radius 2 is 1.37 bits per heavy atom. The highest BCUT2D eigenvalue weighted by molar-refractivity contribution is 6.02. The normalized spacial score (nSPS) is 20.4. The summed E-state index contributed by atoms with van der Waals surface area (Å²) >= 11 is 0. The van der Waals surface area contributed by atoms with Gasteiger partial charge in [0.1, 0.15) is 0 Å². The van der Waals surface area contributed by atoms with Crippen LogP contribution < -0.4 is 9.80 Å². The molecule has 46 heavy (non-hydrogen) atoms. The maximum Gasteiger partial charge on any atom is 0.0844 e. The molecule has 2 aliphatic heterocycles. The molecule has 0 aromatic heterocycles. The predicted octanol–water partition coefficient (Wildman–Crippen LogP) is 10.2. The van der Waals surface area contributed by atoms with Crippen LogP contribution in [0.3, 0.4) is 0 Å². The van der Waals surface area contributed by atoms with Crippen LogP contribution in [0, 0.1) is 0 Å². The van der Waals surface area contributed by atoms with E-state index in [4.69, 9.17) is 0 Å². The summed E-state index contributed by atoms with van der Waals surface area (Å²) in [5.41, 5.74) is 15.3. The number of para-hydroxylation sites is 2. The van der Waals surface area contributed by atoms with Crippen molar-refractivity contribution in [2.24, 2.45) is 0 Å². The van der Waals surface area contributed by atoms with Gasteiger partial charge in [-0.25, -0.2) is 0 Å². The quantitative estimate of drug-likeness (QED) is 0.188. The van der Waals surface area contributed by atoms with Crippen LogP contribution in [0.15, 0.2) is 158 Å². The van der Waals surface area contributed by atoms with Gasteiger partial charge in [-0.2, -0.15) is 0 Å². The van der Waals surface area contributed by atoms with E-state index in [1.165, 1.54) is 56.0 Å². The Morgan fingerprint density at radius 1 is 0.674 bits per heavy atom. The molecule has 220 valence electrons. The molecule has 0 amide bonds. The van der Waals surface area contributed by atoms with E-state index in [1.807, 2.05) is 6.07 Å². The first-order valence-electron chi connectivity index (χ1n) is 16.2. The van der Waals surface area contributed by atoms with Crippen molar-refractivity contribution in [1.29, 1.82) is 0 Å². The number of fused-ring (bicyclic) bond motifs is 8.